The second-order valence-corrected chi connectivity index (χ2v) is 5.25. The van der Waals surface area contributed by atoms with Crippen LogP contribution in [0.5, 0.6) is 5.75 Å². The van der Waals surface area contributed by atoms with E-state index in [2.05, 4.69) is 26.0 Å². The third-order valence-corrected chi connectivity index (χ3v) is 3.97. The van der Waals surface area contributed by atoms with Gasteiger partial charge in [0.15, 0.2) is 5.78 Å². The van der Waals surface area contributed by atoms with Crippen molar-refractivity contribution in [3.05, 3.63) is 51.2 Å². The minimum absolute atomic E-state index is 0.116. The topological polar surface area (TPSA) is 26.3 Å². The Bertz CT molecular complexity index is 570. The molecule has 1 aromatic carbocycles. The van der Waals surface area contributed by atoms with E-state index in [9.17, 15) is 4.79 Å². The molecular formula is C15H16O2S. The maximum Gasteiger partial charge on any atom is 0.180 e. The molecule has 0 spiro atoms. The highest BCUT2D eigenvalue weighted by Crippen LogP contribution is 2.26. The van der Waals surface area contributed by atoms with Crippen molar-refractivity contribution in [2.45, 2.75) is 20.3 Å². The molecule has 0 aliphatic heterocycles. The van der Waals surface area contributed by atoms with E-state index in [1.807, 2.05) is 17.5 Å². The van der Waals surface area contributed by atoms with E-state index in [0.29, 0.717) is 17.0 Å². The third kappa shape index (κ3) is 2.62. The van der Waals surface area contributed by atoms with Gasteiger partial charge in [-0.2, -0.15) is 0 Å². The van der Waals surface area contributed by atoms with Crippen molar-refractivity contribution < 1.29 is 9.53 Å². The molecule has 0 aliphatic carbocycles. The Morgan fingerprint density at radius 2 is 2.00 bits per heavy atom. The number of carbonyl (C=O) groups is 1. The van der Waals surface area contributed by atoms with Crippen molar-refractivity contribution >= 4 is 17.1 Å². The molecule has 0 bridgehead atoms. The Balaban J connectivity index is 2.19. The summed E-state index contributed by atoms with van der Waals surface area (Å²) < 4.78 is 5.18. The van der Waals surface area contributed by atoms with Crippen LogP contribution in [0.4, 0.5) is 0 Å². The minimum atomic E-state index is 0.116. The van der Waals surface area contributed by atoms with Gasteiger partial charge >= 0.3 is 0 Å². The lowest BCUT2D eigenvalue weighted by atomic mass is 10.0. The van der Waals surface area contributed by atoms with Crippen molar-refractivity contribution in [2.24, 2.45) is 0 Å². The van der Waals surface area contributed by atoms with Crippen molar-refractivity contribution in [3.63, 3.8) is 0 Å². The van der Waals surface area contributed by atoms with E-state index in [1.54, 1.807) is 7.11 Å². The number of Topliss-reactive ketones (excluding diaryl/α,β-unsaturated/α-hetero) is 1. The normalized spacial score (nSPS) is 10.4. The molecular weight excluding hydrogens is 244 g/mol. The Labute approximate surface area is 111 Å². The molecule has 3 heteroatoms. The van der Waals surface area contributed by atoms with Crippen LogP contribution < -0.4 is 4.74 Å². The zero-order valence-corrected chi connectivity index (χ0v) is 11.6. The Morgan fingerprint density at radius 3 is 2.67 bits per heavy atom. The average Bonchev–Trinajstić information content (AvgIpc) is 2.82. The van der Waals surface area contributed by atoms with E-state index in [-0.39, 0.29) is 5.78 Å². The first-order valence-electron chi connectivity index (χ1n) is 5.82. The Hall–Kier alpha value is -1.61. The van der Waals surface area contributed by atoms with Crippen LogP contribution in [-0.2, 0) is 6.42 Å². The van der Waals surface area contributed by atoms with E-state index in [1.165, 1.54) is 22.5 Å². The number of carbonyl (C=O) groups excluding carboxylic acids is 1. The van der Waals surface area contributed by atoms with Gasteiger partial charge in [0, 0.05) is 6.42 Å². The number of ether oxygens (including phenoxy) is 1. The lowest BCUT2D eigenvalue weighted by Gasteiger charge is -2.05. The Morgan fingerprint density at radius 1 is 1.22 bits per heavy atom. The molecule has 0 radical (unpaired) electrons. The second-order valence-electron chi connectivity index (χ2n) is 4.34. The number of aryl methyl sites for hydroxylation is 2. The molecule has 1 heterocycles. The first kappa shape index (κ1) is 12.8. The molecule has 94 valence electrons. The van der Waals surface area contributed by atoms with Crippen LogP contribution in [0.15, 0.2) is 29.6 Å². The predicted molar refractivity (Wildman–Crippen MR) is 74.8 cm³/mol. The molecule has 0 aliphatic rings. The smallest absolute Gasteiger partial charge is 0.180 e. The van der Waals surface area contributed by atoms with Crippen LogP contribution in [0.2, 0.25) is 0 Å². The summed E-state index contributed by atoms with van der Waals surface area (Å²) >= 11 is 1.43. The molecule has 18 heavy (non-hydrogen) atoms. The number of hydrogen-bond acceptors (Lipinski definition) is 3. The van der Waals surface area contributed by atoms with Gasteiger partial charge in [0.1, 0.15) is 10.6 Å². The third-order valence-electron chi connectivity index (χ3n) is 3.04. The molecule has 0 amide bonds. The highest BCUT2D eigenvalue weighted by atomic mass is 32.1. The summed E-state index contributed by atoms with van der Waals surface area (Å²) in [5.74, 6) is 0.791. The number of hydrogen-bond donors (Lipinski definition) is 0. The summed E-state index contributed by atoms with van der Waals surface area (Å²) in [6.07, 6.45) is 0.429. The summed E-state index contributed by atoms with van der Waals surface area (Å²) in [4.78, 5) is 12.9. The van der Waals surface area contributed by atoms with Gasteiger partial charge < -0.3 is 4.74 Å². The van der Waals surface area contributed by atoms with Gasteiger partial charge in [-0.1, -0.05) is 18.2 Å². The predicted octanol–water partition coefficient (Wildman–Crippen LogP) is 3.80. The summed E-state index contributed by atoms with van der Waals surface area (Å²) in [5, 5.41) is 1.88. The van der Waals surface area contributed by atoms with Crippen molar-refractivity contribution in [1.82, 2.24) is 0 Å². The number of methoxy groups -OCH3 is 1. The highest BCUT2D eigenvalue weighted by molar-refractivity contribution is 7.12. The maximum atomic E-state index is 12.2. The van der Waals surface area contributed by atoms with Crippen LogP contribution in [0.25, 0.3) is 0 Å². The first-order chi connectivity index (χ1) is 8.61. The van der Waals surface area contributed by atoms with Crippen molar-refractivity contribution in [3.8, 4) is 5.75 Å². The van der Waals surface area contributed by atoms with E-state index in [0.717, 1.165) is 5.56 Å². The standard InChI is InChI=1S/C15H16O2S/c1-10-4-5-12(8-11(10)2)9-13(16)15-14(17-3)6-7-18-15/h4-8H,9H2,1-3H3. The van der Waals surface area contributed by atoms with Crippen LogP contribution in [0.3, 0.4) is 0 Å². The monoisotopic (exact) mass is 260 g/mol. The van der Waals surface area contributed by atoms with Gasteiger partial charge in [-0.3, -0.25) is 4.79 Å². The van der Waals surface area contributed by atoms with Gasteiger partial charge in [-0.05, 0) is 42.0 Å². The lowest BCUT2D eigenvalue weighted by molar-refractivity contribution is 0.0994. The van der Waals surface area contributed by atoms with Gasteiger partial charge in [0.2, 0.25) is 0 Å². The quantitative estimate of drug-likeness (QED) is 0.782. The fraction of sp³-hybridized carbons (Fsp3) is 0.267. The summed E-state index contributed by atoms with van der Waals surface area (Å²) in [6.45, 7) is 4.14. The number of ketones is 1. The second kappa shape index (κ2) is 5.36. The fourth-order valence-electron chi connectivity index (χ4n) is 1.84. The summed E-state index contributed by atoms with van der Waals surface area (Å²) in [6, 6.07) is 7.98. The maximum absolute atomic E-state index is 12.2. The van der Waals surface area contributed by atoms with Crippen LogP contribution in [-0.4, -0.2) is 12.9 Å². The molecule has 0 saturated heterocycles. The number of thiophene rings is 1. The zero-order chi connectivity index (χ0) is 13.1. The number of rotatable bonds is 4. The largest absolute Gasteiger partial charge is 0.495 e. The molecule has 2 aromatic rings. The molecule has 0 atom stereocenters. The summed E-state index contributed by atoms with van der Waals surface area (Å²) in [5.41, 5.74) is 3.52. The summed E-state index contributed by atoms with van der Waals surface area (Å²) in [7, 11) is 1.59. The highest BCUT2D eigenvalue weighted by Gasteiger charge is 2.14. The van der Waals surface area contributed by atoms with Gasteiger partial charge in [0.05, 0.1) is 7.11 Å². The SMILES string of the molecule is COc1ccsc1C(=O)Cc1ccc(C)c(C)c1. The van der Waals surface area contributed by atoms with Crippen molar-refractivity contribution in [1.29, 1.82) is 0 Å². The van der Waals surface area contributed by atoms with Crippen LogP contribution in [0.1, 0.15) is 26.4 Å². The van der Waals surface area contributed by atoms with E-state index in [4.69, 9.17) is 4.74 Å². The van der Waals surface area contributed by atoms with Crippen molar-refractivity contribution in [2.75, 3.05) is 7.11 Å². The molecule has 0 N–H and O–H groups in total. The zero-order valence-electron chi connectivity index (χ0n) is 10.8. The molecule has 2 nitrogen and oxygen atoms in total. The van der Waals surface area contributed by atoms with Crippen LogP contribution >= 0.6 is 11.3 Å². The van der Waals surface area contributed by atoms with Gasteiger partial charge in [0.25, 0.3) is 0 Å². The molecule has 0 saturated carbocycles. The lowest BCUT2D eigenvalue weighted by Crippen LogP contribution is -2.03. The van der Waals surface area contributed by atoms with E-state index >= 15 is 0 Å². The molecule has 0 unspecified atom stereocenters. The molecule has 1 aromatic heterocycles. The number of benzene rings is 1. The molecule has 2 rings (SSSR count). The fourth-order valence-corrected chi connectivity index (χ4v) is 2.64. The van der Waals surface area contributed by atoms with Gasteiger partial charge in [-0.15, -0.1) is 11.3 Å². The minimum Gasteiger partial charge on any atom is -0.495 e. The van der Waals surface area contributed by atoms with E-state index < -0.39 is 0 Å². The first-order valence-corrected chi connectivity index (χ1v) is 6.70. The molecule has 0 fully saturated rings. The van der Waals surface area contributed by atoms with Crippen LogP contribution in [0, 0.1) is 13.8 Å². The average molecular weight is 260 g/mol. The Kier molecular flexibility index (Phi) is 3.82. The van der Waals surface area contributed by atoms with Gasteiger partial charge in [-0.25, -0.2) is 0 Å².